The van der Waals surface area contributed by atoms with Crippen LogP contribution in [0.25, 0.3) is 5.70 Å². The zero-order valence-electron chi connectivity index (χ0n) is 17.4. The van der Waals surface area contributed by atoms with E-state index in [1.807, 2.05) is 42.5 Å². The van der Waals surface area contributed by atoms with Crippen LogP contribution in [-0.4, -0.2) is 24.3 Å². The zero-order valence-corrected chi connectivity index (χ0v) is 17.4. The molecule has 1 aromatic rings. The normalized spacial score (nSPS) is 15.0. The number of pyridine rings is 1. The summed E-state index contributed by atoms with van der Waals surface area (Å²) in [6, 6.07) is 5.55. The first-order chi connectivity index (χ1) is 13.7. The van der Waals surface area contributed by atoms with Crippen molar-refractivity contribution in [2.24, 2.45) is 16.1 Å². The number of aliphatic imine (C=N–C) groups is 1. The van der Waals surface area contributed by atoms with E-state index in [2.05, 4.69) is 42.3 Å². The summed E-state index contributed by atoms with van der Waals surface area (Å²) in [4.78, 5) is 8.78. The SMILES string of the molecule is C=C(/C=C\C(=NC)c1cccc(C(=C)N)n1)NCC(C)(C)C1=CC=C(F)C=CC1. The highest BCUT2D eigenvalue weighted by Crippen LogP contribution is 2.30. The lowest BCUT2D eigenvalue weighted by atomic mass is 9.82. The molecule has 0 saturated carbocycles. The van der Waals surface area contributed by atoms with Gasteiger partial charge < -0.3 is 11.1 Å². The second-order valence-corrected chi connectivity index (χ2v) is 7.49. The fourth-order valence-corrected chi connectivity index (χ4v) is 2.82. The Morgan fingerprint density at radius 1 is 1.28 bits per heavy atom. The minimum absolute atomic E-state index is 0.151. The molecule has 29 heavy (non-hydrogen) atoms. The van der Waals surface area contributed by atoms with Crippen LogP contribution in [0.2, 0.25) is 0 Å². The molecule has 152 valence electrons. The number of rotatable bonds is 8. The lowest BCUT2D eigenvalue weighted by Gasteiger charge is -2.28. The highest BCUT2D eigenvalue weighted by atomic mass is 19.1. The molecule has 5 heteroatoms. The quantitative estimate of drug-likeness (QED) is 0.491. The Labute approximate surface area is 172 Å². The van der Waals surface area contributed by atoms with Crippen LogP contribution in [-0.2, 0) is 0 Å². The lowest BCUT2D eigenvalue weighted by Crippen LogP contribution is -2.30. The summed E-state index contributed by atoms with van der Waals surface area (Å²) in [6.45, 7) is 12.7. The molecular formula is C24H29FN4. The van der Waals surface area contributed by atoms with Crippen molar-refractivity contribution in [3.05, 3.63) is 96.3 Å². The number of nitrogens with one attached hydrogen (secondary N) is 1. The highest BCUT2D eigenvalue weighted by molar-refractivity contribution is 6.07. The average molecular weight is 393 g/mol. The molecule has 1 aliphatic rings. The number of allylic oxidation sites excluding steroid dienone is 7. The van der Waals surface area contributed by atoms with Crippen molar-refractivity contribution >= 4 is 11.4 Å². The van der Waals surface area contributed by atoms with Gasteiger partial charge in [0.05, 0.1) is 22.8 Å². The molecule has 0 spiro atoms. The van der Waals surface area contributed by atoms with E-state index in [0.29, 0.717) is 29.3 Å². The molecule has 0 aromatic carbocycles. The molecule has 0 radical (unpaired) electrons. The summed E-state index contributed by atoms with van der Waals surface area (Å²) in [5.74, 6) is -0.224. The van der Waals surface area contributed by atoms with E-state index in [9.17, 15) is 4.39 Å². The van der Waals surface area contributed by atoms with Gasteiger partial charge in [-0.15, -0.1) is 0 Å². The highest BCUT2D eigenvalue weighted by Gasteiger charge is 2.22. The minimum atomic E-state index is -0.224. The summed E-state index contributed by atoms with van der Waals surface area (Å²) in [7, 11) is 1.71. The van der Waals surface area contributed by atoms with Crippen LogP contribution in [0.3, 0.4) is 0 Å². The van der Waals surface area contributed by atoms with Gasteiger partial charge in [-0.1, -0.05) is 50.8 Å². The van der Waals surface area contributed by atoms with Crippen LogP contribution in [0.5, 0.6) is 0 Å². The molecule has 4 nitrogen and oxygen atoms in total. The average Bonchev–Trinajstić information content (AvgIpc) is 2.92. The van der Waals surface area contributed by atoms with Gasteiger partial charge in [0, 0.05) is 24.7 Å². The van der Waals surface area contributed by atoms with Gasteiger partial charge in [0.1, 0.15) is 5.83 Å². The van der Waals surface area contributed by atoms with E-state index < -0.39 is 0 Å². The molecule has 1 heterocycles. The van der Waals surface area contributed by atoms with Crippen molar-refractivity contribution in [1.29, 1.82) is 0 Å². The lowest BCUT2D eigenvalue weighted by molar-refractivity contribution is 0.422. The summed E-state index contributed by atoms with van der Waals surface area (Å²) < 4.78 is 13.4. The Kier molecular flexibility index (Phi) is 7.48. The van der Waals surface area contributed by atoms with Crippen molar-refractivity contribution in [1.82, 2.24) is 10.3 Å². The number of hydrogen-bond acceptors (Lipinski definition) is 4. The molecule has 2 rings (SSSR count). The molecule has 0 amide bonds. The van der Waals surface area contributed by atoms with E-state index >= 15 is 0 Å². The Hall–Kier alpha value is -3.21. The monoisotopic (exact) mass is 392 g/mol. The van der Waals surface area contributed by atoms with Crippen molar-refractivity contribution in [3.8, 4) is 0 Å². The molecule has 1 aliphatic carbocycles. The third-order valence-electron chi connectivity index (χ3n) is 4.71. The first kappa shape index (κ1) is 22.1. The van der Waals surface area contributed by atoms with Gasteiger partial charge in [-0.05, 0) is 42.9 Å². The minimum Gasteiger partial charge on any atom is -0.397 e. The van der Waals surface area contributed by atoms with E-state index in [1.165, 1.54) is 12.2 Å². The van der Waals surface area contributed by atoms with Gasteiger partial charge in [0.25, 0.3) is 0 Å². The van der Waals surface area contributed by atoms with Crippen molar-refractivity contribution < 1.29 is 4.39 Å². The van der Waals surface area contributed by atoms with Gasteiger partial charge in [-0.2, -0.15) is 0 Å². The second kappa shape index (κ2) is 9.82. The van der Waals surface area contributed by atoms with E-state index in [4.69, 9.17) is 5.73 Å². The molecule has 0 aliphatic heterocycles. The fraction of sp³-hybridized carbons (Fsp3) is 0.250. The topological polar surface area (TPSA) is 63.3 Å². The Morgan fingerprint density at radius 2 is 2.00 bits per heavy atom. The number of halogens is 1. The molecule has 1 aromatic heterocycles. The maximum absolute atomic E-state index is 13.4. The predicted molar refractivity (Wildman–Crippen MR) is 121 cm³/mol. The van der Waals surface area contributed by atoms with Crippen LogP contribution >= 0.6 is 0 Å². The molecule has 0 unspecified atom stereocenters. The molecule has 0 bridgehead atoms. The summed E-state index contributed by atoms with van der Waals surface area (Å²) in [6.07, 6.45) is 11.2. The Bertz CT molecular complexity index is 930. The molecule has 0 fully saturated rings. The van der Waals surface area contributed by atoms with E-state index in [-0.39, 0.29) is 11.2 Å². The first-order valence-electron chi connectivity index (χ1n) is 9.46. The van der Waals surface area contributed by atoms with Gasteiger partial charge in [0.15, 0.2) is 0 Å². The Balaban J connectivity index is 2.02. The molecular weight excluding hydrogens is 363 g/mol. The van der Waals surface area contributed by atoms with Crippen molar-refractivity contribution in [3.63, 3.8) is 0 Å². The maximum Gasteiger partial charge on any atom is 0.122 e. The fourth-order valence-electron chi connectivity index (χ4n) is 2.82. The van der Waals surface area contributed by atoms with Crippen molar-refractivity contribution in [2.45, 2.75) is 20.3 Å². The van der Waals surface area contributed by atoms with Crippen LogP contribution < -0.4 is 11.1 Å². The maximum atomic E-state index is 13.4. The molecule has 0 saturated heterocycles. The van der Waals surface area contributed by atoms with Crippen LogP contribution in [0.1, 0.15) is 31.7 Å². The largest absolute Gasteiger partial charge is 0.397 e. The summed E-state index contributed by atoms with van der Waals surface area (Å²) in [5, 5.41) is 3.34. The summed E-state index contributed by atoms with van der Waals surface area (Å²) in [5.41, 5.74) is 9.97. The molecule has 3 N–H and O–H groups in total. The third-order valence-corrected chi connectivity index (χ3v) is 4.71. The van der Waals surface area contributed by atoms with Gasteiger partial charge in [-0.25, -0.2) is 9.37 Å². The van der Waals surface area contributed by atoms with Crippen LogP contribution in [0, 0.1) is 5.41 Å². The Morgan fingerprint density at radius 3 is 2.69 bits per heavy atom. The van der Waals surface area contributed by atoms with E-state index in [1.54, 1.807) is 7.05 Å². The van der Waals surface area contributed by atoms with Gasteiger partial charge in [-0.3, -0.25) is 4.99 Å². The number of aromatic nitrogens is 1. The predicted octanol–water partition coefficient (Wildman–Crippen LogP) is 4.86. The van der Waals surface area contributed by atoms with E-state index in [0.717, 1.165) is 17.7 Å². The number of nitrogens with two attached hydrogens (primary N) is 1. The second-order valence-electron chi connectivity index (χ2n) is 7.49. The third kappa shape index (κ3) is 6.42. The van der Waals surface area contributed by atoms with Gasteiger partial charge >= 0.3 is 0 Å². The smallest absolute Gasteiger partial charge is 0.122 e. The van der Waals surface area contributed by atoms with Gasteiger partial charge in [0.2, 0.25) is 0 Å². The summed E-state index contributed by atoms with van der Waals surface area (Å²) >= 11 is 0. The standard InChI is InChI=1S/C24H29FN4/c1-17(28-16-24(3,4)19-8-6-9-20(25)14-13-19)12-15-22(27-5)23-11-7-10-21(29-23)18(2)26/h6-7,9-15,28H,1-2,8,16,26H2,3-5H3/b15-12-,27-22?. The van der Waals surface area contributed by atoms with Crippen LogP contribution in [0.15, 0.2) is 89.9 Å². The number of hydrogen-bond donors (Lipinski definition) is 2. The van der Waals surface area contributed by atoms with Crippen LogP contribution in [0.4, 0.5) is 4.39 Å². The first-order valence-corrected chi connectivity index (χ1v) is 9.46. The molecule has 0 atom stereocenters. The number of nitrogens with zero attached hydrogens (tertiary/aromatic N) is 2. The van der Waals surface area contributed by atoms with Crippen molar-refractivity contribution in [2.75, 3.05) is 13.6 Å². The zero-order chi connectivity index (χ0) is 21.4.